The minimum absolute atomic E-state index is 0.775. The van der Waals surface area contributed by atoms with Gasteiger partial charge in [0.15, 0.2) is 5.82 Å². The van der Waals surface area contributed by atoms with Gasteiger partial charge >= 0.3 is 0 Å². The summed E-state index contributed by atoms with van der Waals surface area (Å²) in [7, 11) is 1.95. The predicted molar refractivity (Wildman–Crippen MR) is 65.9 cm³/mol. The number of rotatable bonds is 7. The average Bonchev–Trinajstić information content (AvgIpc) is 2.98. The van der Waals surface area contributed by atoms with E-state index in [-0.39, 0.29) is 0 Å². The first-order chi connectivity index (χ1) is 8.38. The maximum absolute atomic E-state index is 5.22. The van der Waals surface area contributed by atoms with Crippen molar-refractivity contribution in [3.63, 3.8) is 0 Å². The van der Waals surface area contributed by atoms with Gasteiger partial charge in [0.1, 0.15) is 0 Å². The van der Waals surface area contributed by atoms with Crippen molar-refractivity contribution in [3.8, 4) is 0 Å². The molecule has 1 aliphatic heterocycles. The molecule has 1 aliphatic rings. The number of aryl methyl sites for hydroxylation is 1. The first-order valence-electron chi connectivity index (χ1n) is 6.57. The molecule has 2 heterocycles. The normalized spacial score (nSPS) is 16.8. The summed E-state index contributed by atoms with van der Waals surface area (Å²) in [5.41, 5.74) is 0. The second-order valence-electron chi connectivity index (χ2n) is 4.61. The van der Waals surface area contributed by atoms with Gasteiger partial charge in [0.05, 0.1) is 0 Å². The zero-order valence-electron chi connectivity index (χ0n) is 10.6. The number of nitrogens with zero attached hydrogens (tertiary/aromatic N) is 3. The lowest BCUT2D eigenvalue weighted by Gasteiger charge is -2.11. The third-order valence-electron chi connectivity index (χ3n) is 3.18. The Morgan fingerprint density at radius 2 is 2.12 bits per heavy atom. The average molecular weight is 238 g/mol. The van der Waals surface area contributed by atoms with Gasteiger partial charge in [-0.05, 0) is 45.9 Å². The molecular weight excluding hydrogens is 216 g/mol. The Balaban J connectivity index is 1.69. The van der Waals surface area contributed by atoms with Crippen LogP contribution in [0, 0.1) is 0 Å². The van der Waals surface area contributed by atoms with Gasteiger partial charge < -0.3 is 14.7 Å². The summed E-state index contributed by atoms with van der Waals surface area (Å²) >= 11 is 0. The molecule has 0 bridgehead atoms. The number of hydrogen-bond donors (Lipinski definition) is 1. The Bertz CT molecular complexity index is 320. The van der Waals surface area contributed by atoms with Crippen molar-refractivity contribution in [2.45, 2.75) is 32.1 Å². The molecule has 1 aromatic heterocycles. The van der Waals surface area contributed by atoms with Crippen molar-refractivity contribution in [1.29, 1.82) is 0 Å². The van der Waals surface area contributed by atoms with Gasteiger partial charge in [0.2, 0.25) is 5.89 Å². The highest BCUT2D eigenvalue weighted by molar-refractivity contribution is 4.88. The quantitative estimate of drug-likeness (QED) is 0.714. The molecule has 5 nitrogen and oxygen atoms in total. The van der Waals surface area contributed by atoms with E-state index < -0.39 is 0 Å². The van der Waals surface area contributed by atoms with Gasteiger partial charge in [0.25, 0.3) is 0 Å². The Morgan fingerprint density at radius 3 is 2.88 bits per heavy atom. The summed E-state index contributed by atoms with van der Waals surface area (Å²) in [5.74, 6) is 1.63. The molecule has 0 aromatic carbocycles. The highest BCUT2D eigenvalue weighted by Gasteiger charge is 2.13. The number of nitrogens with one attached hydrogen (secondary N) is 1. The minimum atomic E-state index is 0.775. The fraction of sp³-hybridized carbons (Fsp3) is 0.833. The molecule has 17 heavy (non-hydrogen) atoms. The Labute approximate surface area is 103 Å². The topological polar surface area (TPSA) is 54.2 Å². The molecule has 96 valence electrons. The van der Waals surface area contributed by atoms with E-state index in [1.165, 1.54) is 25.9 Å². The van der Waals surface area contributed by atoms with Crippen LogP contribution < -0.4 is 5.32 Å². The summed E-state index contributed by atoms with van der Waals surface area (Å²) in [5, 5.41) is 7.13. The van der Waals surface area contributed by atoms with Gasteiger partial charge in [-0.1, -0.05) is 5.16 Å². The number of likely N-dealkylation sites (tertiary alicyclic amines) is 1. The summed E-state index contributed by atoms with van der Waals surface area (Å²) in [4.78, 5) is 6.88. The van der Waals surface area contributed by atoms with Gasteiger partial charge in [-0.25, -0.2) is 0 Å². The molecule has 0 unspecified atom stereocenters. The number of hydrogen-bond acceptors (Lipinski definition) is 5. The molecule has 1 fully saturated rings. The molecule has 0 aliphatic carbocycles. The SMILES string of the molecule is CNCCCc1nc(CCN2CCCC2)no1. The van der Waals surface area contributed by atoms with Crippen LogP contribution >= 0.6 is 0 Å². The Morgan fingerprint density at radius 1 is 1.29 bits per heavy atom. The fourth-order valence-electron chi connectivity index (χ4n) is 2.17. The van der Waals surface area contributed by atoms with Crippen molar-refractivity contribution in [1.82, 2.24) is 20.4 Å². The molecule has 2 rings (SSSR count). The highest BCUT2D eigenvalue weighted by atomic mass is 16.5. The van der Waals surface area contributed by atoms with Crippen LogP contribution in [0.1, 0.15) is 31.0 Å². The van der Waals surface area contributed by atoms with Crippen molar-refractivity contribution in [2.24, 2.45) is 0 Å². The van der Waals surface area contributed by atoms with Crippen LogP contribution in [0.15, 0.2) is 4.52 Å². The Hall–Kier alpha value is -0.940. The lowest BCUT2D eigenvalue weighted by atomic mass is 10.3. The maximum Gasteiger partial charge on any atom is 0.226 e. The van der Waals surface area contributed by atoms with Gasteiger partial charge in [-0.3, -0.25) is 0 Å². The lowest BCUT2D eigenvalue weighted by molar-refractivity contribution is 0.333. The van der Waals surface area contributed by atoms with Crippen LogP contribution in [-0.2, 0) is 12.8 Å². The summed E-state index contributed by atoms with van der Waals surface area (Å²) in [6, 6.07) is 0. The van der Waals surface area contributed by atoms with Crippen LogP contribution in [0.25, 0.3) is 0 Å². The first-order valence-corrected chi connectivity index (χ1v) is 6.57. The van der Waals surface area contributed by atoms with E-state index in [9.17, 15) is 0 Å². The van der Waals surface area contributed by atoms with Crippen LogP contribution in [-0.4, -0.2) is 48.3 Å². The molecule has 0 amide bonds. The largest absolute Gasteiger partial charge is 0.339 e. The lowest BCUT2D eigenvalue weighted by Crippen LogP contribution is -2.22. The zero-order valence-corrected chi connectivity index (χ0v) is 10.6. The van der Waals surface area contributed by atoms with Crippen molar-refractivity contribution in [3.05, 3.63) is 11.7 Å². The molecular formula is C12H22N4O. The third-order valence-corrected chi connectivity index (χ3v) is 3.18. The molecule has 0 radical (unpaired) electrons. The maximum atomic E-state index is 5.22. The highest BCUT2D eigenvalue weighted by Crippen LogP contribution is 2.08. The smallest absolute Gasteiger partial charge is 0.226 e. The summed E-state index contributed by atoms with van der Waals surface area (Å²) < 4.78 is 5.22. The molecule has 1 aromatic rings. The predicted octanol–water partition coefficient (Wildman–Crippen LogP) is 0.860. The van der Waals surface area contributed by atoms with E-state index in [0.717, 1.165) is 44.1 Å². The van der Waals surface area contributed by atoms with Crippen molar-refractivity contribution < 1.29 is 4.52 Å². The molecule has 5 heteroatoms. The van der Waals surface area contributed by atoms with Crippen LogP contribution in [0.5, 0.6) is 0 Å². The summed E-state index contributed by atoms with van der Waals surface area (Å²) in [6.45, 7) is 4.51. The minimum Gasteiger partial charge on any atom is -0.339 e. The fourth-order valence-corrected chi connectivity index (χ4v) is 2.17. The van der Waals surface area contributed by atoms with E-state index in [2.05, 4.69) is 20.4 Å². The third kappa shape index (κ3) is 4.09. The first kappa shape index (κ1) is 12.5. The van der Waals surface area contributed by atoms with E-state index in [0.29, 0.717) is 0 Å². The molecule has 0 spiro atoms. The summed E-state index contributed by atoms with van der Waals surface area (Å²) in [6.07, 6.45) is 5.50. The van der Waals surface area contributed by atoms with E-state index in [1.807, 2.05) is 7.05 Å². The molecule has 0 atom stereocenters. The molecule has 0 saturated carbocycles. The van der Waals surface area contributed by atoms with Crippen LogP contribution in [0.3, 0.4) is 0 Å². The van der Waals surface area contributed by atoms with Gasteiger partial charge in [0, 0.05) is 19.4 Å². The van der Waals surface area contributed by atoms with E-state index in [4.69, 9.17) is 4.52 Å². The van der Waals surface area contributed by atoms with Crippen LogP contribution in [0.4, 0.5) is 0 Å². The molecule has 1 N–H and O–H groups in total. The zero-order chi connectivity index (χ0) is 11.9. The van der Waals surface area contributed by atoms with Crippen molar-refractivity contribution >= 4 is 0 Å². The molecule has 1 saturated heterocycles. The van der Waals surface area contributed by atoms with Crippen LogP contribution in [0.2, 0.25) is 0 Å². The second-order valence-corrected chi connectivity index (χ2v) is 4.61. The van der Waals surface area contributed by atoms with Gasteiger partial charge in [-0.2, -0.15) is 4.98 Å². The van der Waals surface area contributed by atoms with E-state index >= 15 is 0 Å². The van der Waals surface area contributed by atoms with Crippen molar-refractivity contribution in [2.75, 3.05) is 33.2 Å². The van der Waals surface area contributed by atoms with E-state index in [1.54, 1.807) is 0 Å². The second kappa shape index (κ2) is 6.71. The van der Waals surface area contributed by atoms with Gasteiger partial charge in [-0.15, -0.1) is 0 Å². The monoisotopic (exact) mass is 238 g/mol. The standard InChI is InChI=1S/C12H22N4O/c1-13-7-4-5-12-14-11(15-17-12)6-10-16-8-2-3-9-16/h13H,2-10H2,1H3. The Kier molecular flexibility index (Phi) is 4.94. The number of aromatic nitrogens is 2.